The fourth-order valence-electron chi connectivity index (χ4n) is 2.57. The van der Waals surface area contributed by atoms with Crippen LogP contribution in [0.15, 0.2) is 35.7 Å². The van der Waals surface area contributed by atoms with E-state index in [0.717, 1.165) is 36.3 Å². The summed E-state index contributed by atoms with van der Waals surface area (Å²) in [6.45, 7) is 0.747. The highest BCUT2D eigenvalue weighted by atomic mass is 35.5. The molecule has 1 aromatic carbocycles. The number of aromatic nitrogens is 1. The molecule has 0 bridgehead atoms. The predicted octanol–water partition coefficient (Wildman–Crippen LogP) is 4.83. The Morgan fingerprint density at radius 3 is 2.80 bits per heavy atom. The van der Waals surface area contributed by atoms with Crippen molar-refractivity contribution in [1.82, 2.24) is 4.98 Å². The van der Waals surface area contributed by atoms with Crippen LogP contribution in [0, 0.1) is 0 Å². The number of nitrogens with one attached hydrogen (secondary N) is 1. The maximum Gasteiger partial charge on any atom is 0.0651 e. The second-order valence-electron chi connectivity index (χ2n) is 4.86. The number of thiophene rings is 1. The van der Waals surface area contributed by atoms with Gasteiger partial charge in [0.25, 0.3) is 0 Å². The first-order valence-electron chi connectivity index (χ1n) is 6.84. The first-order valence-corrected chi connectivity index (χ1v) is 8.10. The maximum atomic E-state index is 6.32. The lowest BCUT2D eigenvalue weighted by Gasteiger charge is -2.03. The summed E-state index contributed by atoms with van der Waals surface area (Å²) >= 11 is 8.07. The van der Waals surface area contributed by atoms with Crippen LogP contribution in [0.5, 0.6) is 0 Å². The van der Waals surface area contributed by atoms with E-state index in [9.17, 15) is 0 Å². The van der Waals surface area contributed by atoms with Crippen LogP contribution in [0.4, 0.5) is 0 Å². The van der Waals surface area contributed by atoms with Crippen molar-refractivity contribution in [3.8, 4) is 10.6 Å². The monoisotopic (exact) mass is 304 g/mol. The van der Waals surface area contributed by atoms with Crippen molar-refractivity contribution in [2.75, 3.05) is 6.54 Å². The summed E-state index contributed by atoms with van der Waals surface area (Å²) < 4.78 is 0. The number of hydrogen-bond donors (Lipinski definition) is 2. The average molecular weight is 305 g/mol. The Labute approximate surface area is 127 Å². The topological polar surface area (TPSA) is 41.8 Å². The maximum absolute atomic E-state index is 6.32. The quantitative estimate of drug-likeness (QED) is 0.651. The van der Waals surface area contributed by atoms with E-state index < -0.39 is 0 Å². The van der Waals surface area contributed by atoms with Gasteiger partial charge in [-0.3, -0.25) is 0 Å². The Bertz CT molecular complexity index is 701. The summed E-state index contributed by atoms with van der Waals surface area (Å²) in [6, 6.07) is 10.3. The Morgan fingerprint density at radius 2 is 2.05 bits per heavy atom. The first-order chi connectivity index (χ1) is 9.81. The molecule has 0 amide bonds. The van der Waals surface area contributed by atoms with Gasteiger partial charge in [0, 0.05) is 5.39 Å². The van der Waals surface area contributed by atoms with Gasteiger partial charge in [-0.05, 0) is 48.9 Å². The molecule has 0 aliphatic heterocycles. The highest BCUT2D eigenvalue weighted by Crippen LogP contribution is 2.36. The highest BCUT2D eigenvalue weighted by Gasteiger charge is 2.14. The number of H-pyrrole nitrogens is 1. The van der Waals surface area contributed by atoms with E-state index in [1.807, 2.05) is 12.1 Å². The molecule has 0 aliphatic rings. The molecule has 20 heavy (non-hydrogen) atoms. The first kappa shape index (κ1) is 13.7. The van der Waals surface area contributed by atoms with Crippen LogP contribution in [0.2, 0.25) is 5.02 Å². The zero-order valence-electron chi connectivity index (χ0n) is 11.2. The number of fused-ring (bicyclic) bond motifs is 1. The van der Waals surface area contributed by atoms with Gasteiger partial charge in [-0.1, -0.05) is 29.8 Å². The normalized spacial score (nSPS) is 11.3. The van der Waals surface area contributed by atoms with Gasteiger partial charge >= 0.3 is 0 Å². The number of rotatable bonds is 5. The Kier molecular flexibility index (Phi) is 4.10. The van der Waals surface area contributed by atoms with Crippen molar-refractivity contribution < 1.29 is 0 Å². The summed E-state index contributed by atoms with van der Waals surface area (Å²) in [5, 5.41) is 4.12. The molecule has 0 fully saturated rings. The van der Waals surface area contributed by atoms with E-state index in [-0.39, 0.29) is 0 Å². The molecular formula is C16H17ClN2S. The zero-order chi connectivity index (χ0) is 13.9. The fourth-order valence-corrected chi connectivity index (χ4v) is 3.55. The Hall–Kier alpha value is -1.29. The molecular weight excluding hydrogens is 288 g/mol. The van der Waals surface area contributed by atoms with E-state index in [0.29, 0.717) is 0 Å². The number of aryl methyl sites for hydroxylation is 1. The molecule has 2 nitrogen and oxygen atoms in total. The molecule has 3 aromatic rings. The molecule has 0 saturated carbocycles. The molecule has 3 rings (SSSR count). The number of hydrogen-bond acceptors (Lipinski definition) is 2. The molecule has 104 valence electrons. The van der Waals surface area contributed by atoms with Crippen LogP contribution in [0.1, 0.15) is 18.4 Å². The van der Waals surface area contributed by atoms with Crippen molar-refractivity contribution in [1.29, 1.82) is 0 Å². The lowest BCUT2D eigenvalue weighted by molar-refractivity contribution is 0.748. The largest absolute Gasteiger partial charge is 0.352 e. The molecule has 2 aromatic heterocycles. The molecule has 2 heterocycles. The smallest absolute Gasteiger partial charge is 0.0651 e. The van der Waals surface area contributed by atoms with E-state index >= 15 is 0 Å². The molecule has 0 atom stereocenters. The van der Waals surface area contributed by atoms with Crippen molar-refractivity contribution in [3.63, 3.8) is 0 Å². The lowest BCUT2D eigenvalue weighted by atomic mass is 10.0. The van der Waals surface area contributed by atoms with E-state index in [1.54, 1.807) is 11.3 Å². The summed E-state index contributed by atoms with van der Waals surface area (Å²) in [7, 11) is 0. The highest BCUT2D eigenvalue weighted by molar-refractivity contribution is 7.13. The van der Waals surface area contributed by atoms with Crippen molar-refractivity contribution in [3.05, 3.63) is 46.3 Å². The number of aromatic amines is 1. The van der Waals surface area contributed by atoms with Gasteiger partial charge in [-0.2, -0.15) is 0 Å². The van der Waals surface area contributed by atoms with E-state index in [2.05, 4.69) is 28.6 Å². The number of nitrogens with two attached hydrogens (primary N) is 1. The van der Waals surface area contributed by atoms with Crippen LogP contribution >= 0.6 is 22.9 Å². The standard InChI is InChI=1S/C16H17ClN2S/c17-13-7-3-6-11-12(5-1-2-9-18)16(19-15(11)13)14-8-4-10-20-14/h3-4,6-8,10,19H,1-2,5,9,18H2. The van der Waals surface area contributed by atoms with Gasteiger partial charge in [0.15, 0.2) is 0 Å². The van der Waals surface area contributed by atoms with Crippen LogP contribution in [-0.4, -0.2) is 11.5 Å². The van der Waals surface area contributed by atoms with Crippen LogP contribution in [0.3, 0.4) is 0 Å². The molecule has 0 unspecified atom stereocenters. The third-order valence-electron chi connectivity index (χ3n) is 3.54. The summed E-state index contributed by atoms with van der Waals surface area (Å²) in [4.78, 5) is 4.77. The van der Waals surface area contributed by atoms with Crippen LogP contribution in [0.25, 0.3) is 21.5 Å². The molecule has 0 spiro atoms. The average Bonchev–Trinajstić information content (AvgIpc) is 3.07. The number of halogens is 1. The molecule has 3 N–H and O–H groups in total. The van der Waals surface area contributed by atoms with Gasteiger partial charge < -0.3 is 10.7 Å². The summed E-state index contributed by atoms with van der Waals surface area (Å²) in [6.07, 6.45) is 3.19. The number of unbranched alkanes of at least 4 members (excludes halogenated alkanes) is 1. The van der Waals surface area contributed by atoms with Crippen molar-refractivity contribution in [2.45, 2.75) is 19.3 Å². The fraction of sp³-hybridized carbons (Fsp3) is 0.250. The molecule has 0 radical (unpaired) electrons. The second kappa shape index (κ2) is 6.00. The predicted molar refractivity (Wildman–Crippen MR) is 88.6 cm³/mol. The Balaban J connectivity index is 2.12. The van der Waals surface area contributed by atoms with E-state index in [1.165, 1.54) is 21.5 Å². The minimum Gasteiger partial charge on any atom is -0.352 e. The molecule has 4 heteroatoms. The van der Waals surface area contributed by atoms with Gasteiger partial charge in [0.2, 0.25) is 0 Å². The third-order valence-corrected chi connectivity index (χ3v) is 4.74. The number of benzene rings is 1. The SMILES string of the molecule is NCCCCc1c(-c2cccs2)[nH]c2c(Cl)cccc12. The van der Waals surface area contributed by atoms with Gasteiger partial charge in [-0.15, -0.1) is 11.3 Å². The van der Waals surface area contributed by atoms with Gasteiger partial charge in [0.1, 0.15) is 0 Å². The zero-order valence-corrected chi connectivity index (χ0v) is 12.7. The lowest BCUT2D eigenvalue weighted by Crippen LogP contribution is -1.99. The summed E-state index contributed by atoms with van der Waals surface area (Å²) in [5.74, 6) is 0. The summed E-state index contributed by atoms with van der Waals surface area (Å²) in [5.41, 5.74) is 9.22. The molecule has 0 saturated heterocycles. The van der Waals surface area contributed by atoms with Crippen LogP contribution in [-0.2, 0) is 6.42 Å². The van der Waals surface area contributed by atoms with Gasteiger partial charge in [0.05, 0.1) is 21.1 Å². The minimum atomic E-state index is 0.747. The van der Waals surface area contributed by atoms with E-state index in [4.69, 9.17) is 17.3 Å². The third kappa shape index (κ3) is 2.49. The Morgan fingerprint density at radius 1 is 1.15 bits per heavy atom. The second-order valence-corrected chi connectivity index (χ2v) is 6.22. The van der Waals surface area contributed by atoms with Crippen LogP contribution < -0.4 is 5.73 Å². The molecule has 0 aliphatic carbocycles. The minimum absolute atomic E-state index is 0.747. The van der Waals surface area contributed by atoms with Crippen molar-refractivity contribution >= 4 is 33.8 Å². The van der Waals surface area contributed by atoms with Crippen molar-refractivity contribution in [2.24, 2.45) is 5.73 Å². The number of para-hydroxylation sites is 1. The van der Waals surface area contributed by atoms with Gasteiger partial charge in [-0.25, -0.2) is 0 Å².